The van der Waals surface area contributed by atoms with Crippen LogP contribution in [0.25, 0.3) is 0 Å². The zero-order valence-electron chi connectivity index (χ0n) is 20.0. The number of carboxylic acid groups (broad SMARTS) is 3. The Morgan fingerprint density at radius 3 is 1.97 bits per heavy atom. The molecule has 1 aromatic heterocycles. The Bertz CT molecular complexity index is 1200. The summed E-state index contributed by atoms with van der Waals surface area (Å²) in [5.41, 5.74) is 8.09. The second-order valence-electron chi connectivity index (χ2n) is 7.62. The average Bonchev–Trinajstić information content (AvgIpc) is 3.27. The number of hydrogen-bond donors (Lipinski definition) is 6. The van der Waals surface area contributed by atoms with Crippen LogP contribution in [0.4, 0.5) is 13.2 Å². The number of aliphatic carboxylic acids is 3. The Kier molecular flexibility index (Phi) is 11.6. The maximum Gasteiger partial charge on any atom is 0.490 e. The van der Waals surface area contributed by atoms with Crippen molar-refractivity contribution in [3.63, 3.8) is 0 Å². The molecule has 1 aromatic carbocycles. The molecular weight excluding hydrogens is 537 g/mol. The number of rotatable bonds is 11. The van der Waals surface area contributed by atoms with Gasteiger partial charge in [0.25, 0.3) is 0 Å². The third-order valence-electron chi connectivity index (χ3n) is 4.36. The second-order valence-corrected chi connectivity index (χ2v) is 7.62. The molecule has 0 aliphatic heterocycles. The third-order valence-corrected chi connectivity index (χ3v) is 4.36. The zero-order valence-corrected chi connectivity index (χ0v) is 20.0. The molecule has 0 saturated carbocycles. The minimum atomic E-state index is -5.08. The Balaban J connectivity index is 0.000000956. The van der Waals surface area contributed by atoms with E-state index in [4.69, 9.17) is 40.4 Å². The van der Waals surface area contributed by atoms with Crippen LogP contribution in [0.15, 0.2) is 40.8 Å². The van der Waals surface area contributed by atoms with Gasteiger partial charge in [0.1, 0.15) is 30.4 Å². The van der Waals surface area contributed by atoms with Crippen LogP contribution in [0, 0.1) is 11.3 Å². The molecule has 39 heavy (non-hydrogen) atoms. The van der Waals surface area contributed by atoms with Crippen LogP contribution in [-0.4, -0.2) is 75.2 Å². The van der Waals surface area contributed by atoms with Crippen molar-refractivity contribution < 1.29 is 61.6 Å². The number of halogens is 3. The number of ether oxygens (including phenoxy) is 1. The van der Waals surface area contributed by atoms with Crippen LogP contribution >= 0.6 is 0 Å². The van der Waals surface area contributed by atoms with Gasteiger partial charge in [0, 0.05) is 17.9 Å². The summed E-state index contributed by atoms with van der Waals surface area (Å²) in [7, 11) is 0. The number of carbonyl (C=O) groups is 5. The van der Waals surface area contributed by atoms with Crippen LogP contribution in [0.2, 0.25) is 0 Å². The van der Waals surface area contributed by atoms with E-state index in [1.807, 2.05) is 0 Å². The van der Waals surface area contributed by atoms with Crippen LogP contribution in [0.5, 0.6) is 5.75 Å². The summed E-state index contributed by atoms with van der Waals surface area (Å²) in [6.07, 6.45) is -5.01. The molecule has 0 bridgehead atoms. The summed E-state index contributed by atoms with van der Waals surface area (Å²) in [6.45, 7) is 0.163. The first-order chi connectivity index (χ1) is 18.0. The Morgan fingerprint density at radius 1 is 1.03 bits per heavy atom. The number of nitrogens with zero attached hydrogens (tertiary/aromatic N) is 1. The number of carbonyl (C=O) groups excluding carboxylic acids is 2. The number of nitrogens with two attached hydrogens (primary N) is 1. The summed E-state index contributed by atoms with van der Waals surface area (Å²) in [5.74, 6) is -7.14. The molecule has 1 heterocycles. The Morgan fingerprint density at radius 2 is 1.54 bits per heavy atom. The fraction of sp³-hybridized carbons (Fsp3) is 0.273. The highest BCUT2D eigenvalue weighted by molar-refractivity contribution is 5.95. The van der Waals surface area contributed by atoms with Gasteiger partial charge in [-0.2, -0.15) is 18.2 Å². The smallest absolute Gasteiger partial charge is 0.480 e. The molecule has 212 valence electrons. The molecule has 1 amide bonds. The molecular formula is C22H23F3N4O10. The Hall–Kier alpha value is -4.93. The topological polar surface area (TPSA) is 234 Å². The number of nitrogen functional groups attached to an aromatic ring is 1. The molecule has 17 heteroatoms. The van der Waals surface area contributed by atoms with Crippen molar-refractivity contribution in [2.45, 2.75) is 19.5 Å². The normalized spacial score (nSPS) is 11.5. The van der Waals surface area contributed by atoms with Gasteiger partial charge in [-0.25, -0.2) is 9.59 Å². The zero-order chi connectivity index (χ0) is 29.9. The molecule has 7 N–H and O–H groups in total. The number of carboxylic acids is 3. The molecule has 0 aliphatic carbocycles. The first-order valence-electron chi connectivity index (χ1n) is 10.5. The molecule has 14 nitrogen and oxygen atoms in total. The summed E-state index contributed by atoms with van der Waals surface area (Å²) in [5, 5.41) is 32.9. The van der Waals surface area contributed by atoms with Crippen LogP contribution in [0.1, 0.15) is 28.8 Å². The van der Waals surface area contributed by atoms with E-state index in [1.54, 1.807) is 0 Å². The van der Waals surface area contributed by atoms with Crippen molar-refractivity contribution in [3.8, 4) is 5.75 Å². The lowest BCUT2D eigenvalue weighted by Crippen LogP contribution is -2.49. The van der Waals surface area contributed by atoms with Gasteiger partial charge in [-0.1, -0.05) is 6.92 Å². The van der Waals surface area contributed by atoms with E-state index in [-0.39, 0.29) is 23.8 Å². The lowest BCUT2D eigenvalue weighted by molar-refractivity contribution is -0.192. The van der Waals surface area contributed by atoms with E-state index in [0.29, 0.717) is 11.3 Å². The number of amidine groups is 1. The lowest BCUT2D eigenvalue weighted by Gasteiger charge is -2.21. The minimum absolute atomic E-state index is 0.0698. The lowest BCUT2D eigenvalue weighted by atomic mass is 10.1. The minimum Gasteiger partial charge on any atom is -0.480 e. The van der Waals surface area contributed by atoms with E-state index in [1.165, 1.54) is 43.3 Å². The van der Waals surface area contributed by atoms with Crippen LogP contribution in [-0.2, 0) is 25.6 Å². The standard InChI is InChI=1S/C20H22N4O8.C2HF3O2/c1-11(19(29)23-24(9-16(25)26)10-17(27)28)8-14-6-7-15(31-14)20(30)32-13-4-2-12(3-5-13)18(21)22;3-2(4,5)1(6)7/h2-7,11H,8-10H2,1H3,(H3,21,22)(H,23,29)(H,25,26)(H,27,28);(H,6,7). The number of furan rings is 1. The molecule has 0 fully saturated rings. The molecule has 2 rings (SSSR count). The summed E-state index contributed by atoms with van der Waals surface area (Å²) in [4.78, 5) is 55.1. The summed E-state index contributed by atoms with van der Waals surface area (Å²) >= 11 is 0. The number of amides is 1. The molecule has 1 atom stereocenters. The largest absolute Gasteiger partial charge is 0.490 e. The van der Waals surface area contributed by atoms with Gasteiger partial charge >= 0.3 is 30.1 Å². The van der Waals surface area contributed by atoms with Gasteiger partial charge in [0.2, 0.25) is 11.7 Å². The van der Waals surface area contributed by atoms with Crippen molar-refractivity contribution in [3.05, 3.63) is 53.5 Å². The molecule has 0 aliphatic rings. The predicted octanol–water partition coefficient (Wildman–Crippen LogP) is 1.10. The number of hydrazine groups is 1. The maximum atomic E-state index is 12.3. The van der Waals surface area contributed by atoms with Gasteiger partial charge in [0.15, 0.2) is 0 Å². The average molecular weight is 560 g/mol. The summed E-state index contributed by atoms with van der Waals surface area (Å²) in [6, 6.07) is 8.88. The fourth-order valence-electron chi connectivity index (χ4n) is 2.58. The third kappa shape index (κ3) is 11.8. The van der Waals surface area contributed by atoms with Crippen molar-refractivity contribution >= 4 is 35.6 Å². The number of alkyl halides is 3. The van der Waals surface area contributed by atoms with Gasteiger partial charge in [0.05, 0.1) is 0 Å². The monoisotopic (exact) mass is 560 g/mol. The molecule has 0 radical (unpaired) electrons. The van der Waals surface area contributed by atoms with Crippen LogP contribution in [0.3, 0.4) is 0 Å². The molecule has 2 aromatic rings. The van der Waals surface area contributed by atoms with Crippen molar-refractivity contribution in [1.29, 1.82) is 5.41 Å². The highest BCUT2D eigenvalue weighted by atomic mass is 19.4. The highest BCUT2D eigenvalue weighted by Crippen LogP contribution is 2.18. The maximum absolute atomic E-state index is 12.3. The molecule has 0 saturated heterocycles. The van der Waals surface area contributed by atoms with E-state index in [9.17, 15) is 32.3 Å². The van der Waals surface area contributed by atoms with Crippen molar-refractivity contribution in [1.82, 2.24) is 10.4 Å². The number of esters is 1. The number of benzene rings is 1. The van der Waals surface area contributed by atoms with Gasteiger partial charge in [-0.3, -0.25) is 25.2 Å². The van der Waals surface area contributed by atoms with E-state index < -0.39 is 55.0 Å². The SMILES string of the molecule is CC(Cc1ccc(C(=O)Oc2ccc(C(=N)N)cc2)o1)C(=O)NN(CC(=O)O)CC(=O)O.O=C(O)C(F)(F)F. The van der Waals surface area contributed by atoms with E-state index >= 15 is 0 Å². The fourth-order valence-corrected chi connectivity index (χ4v) is 2.58. The number of nitrogens with one attached hydrogen (secondary N) is 2. The van der Waals surface area contributed by atoms with Gasteiger partial charge in [-0.15, -0.1) is 0 Å². The van der Waals surface area contributed by atoms with Gasteiger partial charge in [-0.05, 0) is 36.4 Å². The predicted molar refractivity (Wildman–Crippen MR) is 123 cm³/mol. The first kappa shape index (κ1) is 32.1. The van der Waals surface area contributed by atoms with E-state index in [0.717, 1.165) is 5.01 Å². The van der Waals surface area contributed by atoms with Crippen LogP contribution < -0.4 is 15.9 Å². The second kappa shape index (κ2) is 14.1. The quantitative estimate of drug-likeness (QED) is 0.0745. The molecule has 0 spiro atoms. The number of hydrogen-bond acceptors (Lipinski definition) is 9. The van der Waals surface area contributed by atoms with Gasteiger partial charge < -0.3 is 30.2 Å². The highest BCUT2D eigenvalue weighted by Gasteiger charge is 2.38. The Labute approximate surface area is 217 Å². The van der Waals surface area contributed by atoms with E-state index in [2.05, 4.69) is 5.43 Å². The van der Waals surface area contributed by atoms with Crippen molar-refractivity contribution in [2.24, 2.45) is 11.7 Å². The summed E-state index contributed by atoms with van der Waals surface area (Å²) < 4.78 is 42.3. The van der Waals surface area contributed by atoms with Crippen molar-refractivity contribution in [2.75, 3.05) is 13.1 Å². The first-order valence-corrected chi connectivity index (χ1v) is 10.5. The molecule has 1 unspecified atom stereocenters.